The highest BCUT2D eigenvalue weighted by atomic mass is 16.5. The van der Waals surface area contributed by atoms with Gasteiger partial charge in [-0.1, -0.05) is 37.3 Å². The summed E-state index contributed by atoms with van der Waals surface area (Å²) in [6.07, 6.45) is 1.02. The van der Waals surface area contributed by atoms with E-state index in [1.165, 1.54) is 5.56 Å². The van der Waals surface area contributed by atoms with Crippen LogP contribution in [0.15, 0.2) is 54.6 Å². The van der Waals surface area contributed by atoms with Gasteiger partial charge in [0.1, 0.15) is 0 Å². The number of pyridine rings is 1. The van der Waals surface area contributed by atoms with E-state index < -0.39 is 5.97 Å². The monoisotopic (exact) mass is 388 g/mol. The van der Waals surface area contributed by atoms with E-state index >= 15 is 0 Å². The summed E-state index contributed by atoms with van der Waals surface area (Å²) in [7, 11) is 0. The van der Waals surface area contributed by atoms with E-state index in [-0.39, 0.29) is 0 Å². The van der Waals surface area contributed by atoms with Gasteiger partial charge in [-0.2, -0.15) is 10.2 Å². The molecule has 0 saturated carbocycles. The third kappa shape index (κ3) is 3.78. The molecule has 0 fully saturated rings. The smallest absolute Gasteiger partial charge is 0.358 e. The van der Waals surface area contributed by atoms with Crippen molar-refractivity contribution < 1.29 is 9.53 Å². The minimum absolute atomic E-state index is 0.327. The zero-order valence-electron chi connectivity index (χ0n) is 16.9. The van der Waals surface area contributed by atoms with Gasteiger partial charge in [0.15, 0.2) is 5.69 Å². The van der Waals surface area contributed by atoms with E-state index in [0.717, 1.165) is 34.6 Å². The number of hydrogen-bond acceptors (Lipinski definition) is 4. The molecule has 1 aromatic carbocycles. The van der Waals surface area contributed by atoms with E-state index in [9.17, 15) is 4.79 Å². The number of nitrogens with zero attached hydrogens (tertiary/aromatic N) is 4. The van der Waals surface area contributed by atoms with Crippen LogP contribution in [0, 0.1) is 6.92 Å². The highest BCUT2D eigenvalue weighted by molar-refractivity contribution is 5.87. The maximum Gasteiger partial charge on any atom is 0.358 e. The van der Waals surface area contributed by atoms with Gasteiger partial charge in [0.25, 0.3) is 0 Å². The van der Waals surface area contributed by atoms with Gasteiger partial charge in [-0.3, -0.25) is 4.68 Å². The van der Waals surface area contributed by atoms with Crippen LogP contribution in [0.4, 0.5) is 0 Å². The van der Waals surface area contributed by atoms with Crippen LogP contribution in [0.1, 0.15) is 41.3 Å². The summed E-state index contributed by atoms with van der Waals surface area (Å²) in [4.78, 5) is 12.0. The lowest BCUT2D eigenvalue weighted by Gasteiger charge is -2.07. The normalized spacial score (nSPS) is 11.1. The van der Waals surface area contributed by atoms with Crippen LogP contribution in [-0.4, -0.2) is 32.0 Å². The number of carbonyl (C=O) groups is 1. The molecule has 0 aliphatic rings. The topological polar surface area (TPSA) is 61.4 Å². The van der Waals surface area contributed by atoms with Crippen molar-refractivity contribution in [2.24, 2.45) is 0 Å². The van der Waals surface area contributed by atoms with Gasteiger partial charge in [-0.25, -0.2) is 9.31 Å². The summed E-state index contributed by atoms with van der Waals surface area (Å²) in [5, 5.41) is 9.24. The first-order valence-corrected chi connectivity index (χ1v) is 9.87. The zero-order valence-corrected chi connectivity index (χ0v) is 16.9. The second-order valence-corrected chi connectivity index (χ2v) is 6.98. The Morgan fingerprint density at radius 1 is 1.03 bits per heavy atom. The quantitative estimate of drug-likeness (QED) is 0.462. The Balaban J connectivity index is 1.66. The average molecular weight is 388 g/mol. The summed E-state index contributed by atoms with van der Waals surface area (Å²) in [6.45, 7) is 6.71. The van der Waals surface area contributed by atoms with E-state index in [1.807, 2.05) is 29.6 Å². The molecule has 0 unspecified atom stereocenters. The van der Waals surface area contributed by atoms with Crippen molar-refractivity contribution in [2.75, 3.05) is 6.61 Å². The lowest BCUT2D eigenvalue weighted by molar-refractivity contribution is 0.0518. The molecule has 0 amide bonds. The lowest BCUT2D eigenvalue weighted by Crippen LogP contribution is -2.10. The van der Waals surface area contributed by atoms with Crippen LogP contribution in [0.3, 0.4) is 0 Å². The van der Waals surface area contributed by atoms with E-state index in [4.69, 9.17) is 9.84 Å². The molecule has 4 aromatic rings. The number of ether oxygens (including phenoxy) is 1. The Kier molecular flexibility index (Phi) is 5.16. The molecule has 0 N–H and O–H groups in total. The molecule has 0 aliphatic carbocycles. The molecular weight excluding hydrogens is 364 g/mol. The minimum atomic E-state index is -0.399. The van der Waals surface area contributed by atoms with Crippen molar-refractivity contribution in [3.63, 3.8) is 0 Å². The van der Waals surface area contributed by atoms with E-state index in [1.54, 1.807) is 17.7 Å². The first-order chi connectivity index (χ1) is 14.1. The fourth-order valence-electron chi connectivity index (χ4n) is 3.37. The molecule has 148 valence electrons. The molecule has 0 bridgehead atoms. The number of rotatable bonds is 6. The third-order valence-electron chi connectivity index (χ3n) is 5.00. The van der Waals surface area contributed by atoms with E-state index in [2.05, 4.69) is 42.4 Å². The number of hydrogen-bond donors (Lipinski definition) is 0. The van der Waals surface area contributed by atoms with Crippen LogP contribution in [0.25, 0.3) is 16.8 Å². The summed E-state index contributed by atoms with van der Waals surface area (Å²) in [5.74, 6) is -0.399. The average Bonchev–Trinajstić information content (AvgIpc) is 3.33. The molecular formula is C23H24N4O2. The number of esters is 1. The van der Waals surface area contributed by atoms with Gasteiger partial charge in [-0.05, 0) is 50.1 Å². The summed E-state index contributed by atoms with van der Waals surface area (Å²) < 4.78 is 8.80. The van der Waals surface area contributed by atoms with Crippen molar-refractivity contribution in [3.05, 3.63) is 77.2 Å². The predicted molar refractivity (Wildman–Crippen MR) is 112 cm³/mol. The molecule has 6 nitrogen and oxygen atoms in total. The number of fused-ring (bicyclic) bond motifs is 1. The SMILES string of the molecule is CCOC(=O)c1cc(C)n(Cc2cccc3cc(-c4ccc(CC)cc4)nn23)n1. The first kappa shape index (κ1) is 18.9. The van der Waals surface area contributed by atoms with Crippen LogP contribution >= 0.6 is 0 Å². The van der Waals surface area contributed by atoms with Gasteiger partial charge >= 0.3 is 5.97 Å². The van der Waals surface area contributed by atoms with Gasteiger partial charge < -0.3 is 4.74 Å². The standard InChI is InChI=1S/C23H24N4O2/c1-4-17-9-11-18(12-10-17)21-14-19-7-6-8-20(27(19)25-21)15-26-16(3)13-22(24-26)23(28)29-5-2/h6-14H,4-5,15H2,1-3H3. The third-order valence-corrected chi connectivity index (χ3v) is 5.00. The maximum atomic E-state index is 12.0. The van der Waals surface area contributed by atoms with Gasteiger partial charge in [0.05, 0.1) is 30.1 Å². The number of benzene rings is 1. The zero-order chi connectivity index (χ0) is 20.4. The van der Waals surface area contributed by atoms with Gasteiger partial charge in [-0.15, -0.1) is 0 Å². The Labute approximate surface area is 169 Å². The highest BCUT2D eigenvalue weighted by Crippen LogP contribution is 2.22. The molecule has 0 spiro atoms. The fraction of sp³-hybridized carbons (Fsp3) is 0.261. The maximum absolute atomic E-state index is 12.0. The molecule has 3 heterocycles. The van der Waals surface area contributed by atoms with Crippen molar-refractivity contribution in [1.29, 1.82) is 0 Å². The van der Waals surface area contributed by atoms with Crippen LogP contribution < -0.4 is 0 Å². The molecule has 0 atom stereocenters. The minimum Gasteiger partial charge on any atom is -0.461 e. The molecule has 3 aromatic heterocycles. The van der Waals surface area contributed by atoms with Gasteiger partial charge in [0, 0.05) is 11.3 Å². The predicted octanol–water partition coefficient (Wildman–Crippen LogP) is 4.29. The lowest BCUT2D eigenvalue weighted by atomic mass is 10.1. The van der Waals surface area contributed by atoms with Crippen LogP contribution in [0.2, 0.25) is 0 Å². The summed E-state index contributed by atoms with van der Waals surface area (Å²) >= 11 is 0. The number of aryl methyl sites for hydroxylation is 2. The Bertz CT molecular complexity index is 1160. The molecule has 0 radical (unpaired) electrons. The van der Waals surface area contributed by atoms with Crippen LogP contribution in [0.5, 0.6) is 0 Å². The first-order valence-electron chi connectivity index (χ1n) is 9.87. The second kappa shape index (κ2) is 7.91. The highest BCUT2D eigenvalue weighted by Gasteiger charge is 2.15. The Morgan fingerprint density at radius 2 is 1.83 bits per heavy atom. The molecule has 0 saturated heterocycles. The second-order valence-electron chi connectivity index (χ2n) is 6.98. The molecule has 4 rings (SSSR count). The van der Waals surface area contributed by atoms with Crippen molar-refractivity contribution in [2.45, 2.75) is 33.7 Å². The van der Waals surface area contributed by atoms with Crippen LogP contribution in [-0.2, 0) is 17.7 Å². The van der Waals surface area contributed by atoms with Crippen molar-refractivity contribution >= 4 is 11.5 Å². The Morgan fingerprint density at radius 3 is 2.55 bits per heavy atom. The fourth-order valence-corrected chi connectivity index (χ4v) is 3.37. The van der Waals surface area contributed by atoms with Crippen molar-refractivity contribution in [1.82, 2.24) is 19.4 Å². The molecule has 29 heavy (non-hydrogen) atoms. The van der Waals surface area contributed by atoms with Gasteiger partial charge in [0.2, 0.25) is 0 Å². The Hall–Kier alpha value is -3.41. The molecule has 0 aliphatic heterocycles. The number of carbonyl (C=O) groups excluding carboxylic acids is 1. The van der Waals surface area contributed by atoms with E-state index in [0.29, 0.717) is 18.8 Å². The summed E-state index contributed by atoms with van der Waals surface area (Å²) in [6, 6.07) is 18.4. The number of aromatic nitrogens is 4. The largest absolute Gasteiger partial charge is 0.461 e. The summed E-state index contributed by atoms with van der Waals surface area (Å²) in [5.41, 5.74) is 6.57. The molecule has 6 heteroatoms. The van der Waals surface area contributed by atoms with Crippen molar-refractivity contribution in [3.8, 4) is 11.3 Å².